The molecule has 37 heavy (non-hydrogen) atoms. The Morgan fingerprint density at radius 1 is 1.27 bits per heavy atom. The van der Waals surface area contributed by atoms with Crippen molar-refractivity contribution in [3.63, 3.8) is 0 Å². The second-order valence-corrected chi connectivity index (χ2v) is 9.59. The van der Waals surface area contributed by atoms with Gasteiger partial charge in [-0.05, 0) is 80.8 Å². The first kappa shape index (κ1) is 26.4. The fraction of sp³-hybridized carbons (Fsp3) is 0.464. The number of amides is 2. The van der Waals surface area contributed by atoms with Gasteiger partial charge in [0.15, 0.2) is 0 Å². The van der Waals surface area contributed by atoms with Crippen LogP contribution in [0.15, 0.2) is 40.5 Å². The van der Waals surface area contributed by atoms with Crippen molar-refractivity contribution in [2.75, 3.05) is 11.9 Å². The number of ether oxygens (including phenoxy) is 1. The fourth-order valence-electron chi connectivity index (χ4n) is 4.68. The molecule has 1 N–H and O–H groups in total. The molecule has 0 bridgehead atoms. The number of aromatic nitrogens is 1. The van der Waals surface area contributed by atoms with E-state index in [4.69, 9.17) is 4.74 Å². The molecule has 0 radical (unpaired) electrons. The Hall–Kier alpha value is -3.62. The van der Waals surface area contributed by atoms with Gasteiger partial charge in [0.25, 0.3) is 5.91 Å². The summed E-state index contributed by atoms with van der Waals surface area (Å²) in [5.74, 6) is -0.806. The molecule has 1 aromatic heterocycles. The van der Waals surface area contributed by atoms with E-state index < -0.39 is 11.7 Å². The van der Waals surface area contributed by atoms with Crippen molar-refractivity contribution in [1.82, 2.24) is 9.88 Å². The van der Waals surface area contributed by atoms with Gasteiger partial charge in [-0.3, -0.25) is 4.79 Å². The van der Waals surface area contributed by atoms with Gasteiger partial charge in [-0.15, -0.1) is 0 Å². The molecule has 1 aliphatic carbocycles. The van der Waals surface area contributed by atoms with Gasteiger partial charge in [0.1, 0.15) is 17.7 Å². The summed E-state index contributed by atoms with van der Waals surface area (Å²) in [6.07, 6.45) is 6.55. The predicted molar refractivity (Wildman–Crippen MR) is 142 cm³/mol. The summed E-state index contributed by atoms with van der Waals surface area (Å²) in [7, 11) is 0. The third kappa shape index (κ3) is 6.39. The van der Waals surface area contributed by atoms with Crippen LogP contribution in [0.5, 0.6) is 0 Å². The highest BCUT2D eigenvalue weighted by Crippen LogP contribution is 2.26. The Labute approximate surface area is 217 Å². The molecule has 1 aromatic carbocycles. The minimum atomic E-state index is -0.607. The summed E-state index contributed by atoms with van der Waals surface area (Å²) in [6.45, 7) is 6.61. The quantitative estimate of drug-likeness (QED) is 0.381. The number of hydrogen-bond acceptors (Lipinski definition) is 6. The first-order valence-corrected chi connectivity index (χ1v) is 13.0. The second-order valence-electron chi connectivity index (χ2n) is 9.59. The maximum absolute atomic E-state index is 14.9. The predicted octanol–water partition coefficient (Wildman–Crippen LogP) is 5.75. The van der Waals surface area contributed by atoms with Crippen LogP contribution >= 0.6 is 0 Å². The van der Waals surface area contributed by atoms with Crippen molar-refractivity contribution >= 4 is 29.7 Å². The third-order valence-electron chi connectivity index (χ3n) is 6.99. The fourth-order valence-corrected chi connectivity index (χ4v) is 4.68. The molecule has 2 aromatic rings. The van der Waals surface area contributed by atoms with Crippen molar-refractivity contribution in [1.29, 1.82) is 0 Å². The zero-order chi connectivity index (χ0) is 26.4. The highest BCUT2D eigenvalue weighted by atomic mass is 19.1. The summed E-state index contributed by atoms with van der Waals surface area (Å²) in [5, 5.41) is 11.0. The summed E-state index contributed by atoms with van der Waals surface area (Å²) < 4.78 is 20.6. The van der Waals surface area contributed by atoms with Crippen LogP contribution in [0, 0.1) is 11.7 Å². The number of hydrogen-bond donors (Lipinski definition) is 1. The lowest BCUT2D eigenvalue weighted by atomic mass is 9.96. The molecule has 2 heterocycles. The van der Waals surface area contributed by atoms with Gasteiger partial charge < -0.3 is 15.0 Å². The lowest BCUT2D eigenvalue weighted by Crippen LogP contribution is -2.38. The molecule has 4 rings (SSSR count). The van der Waals surface area contributed by atoms with Crippen LogP contribution in [-0.2, 0) is 17.7 Å². The number of nitrogens with one attached hydrogen (secondary N) is 1. The maximum Gasteiger partial charge on any atom is 0.410 e. The van der Waals surface area contributed by atoms with E-state index in [1.165, 1.54) is 12.1 Å². The van der Waals surface area contributed by atoms with Crippen LogP contribution in [0.3, 0.4) is 0 Å². The number of carbonyl (C=O) groups excluding carboxylic acids is 2. The number of fused-ring (bicyclic) bond motifs is 1. The van der Waals surface area contributed by atoms with Gasteiger partial charge >= 0.3 is 6.09 Å². The molecule has 1 atom stereocenters. The number of halogens is 1. The smallest absolute Gasteiger partial charge is 0.410 e. The summed E-state index contributed by atoms with van der Waals surface area (Å²) in [5.41, 5.74) is 2.75. The molecular weight excluding hydrogens is 473 g/mol. The van der Waals surface area contributed by atoms with E-state index in [2.05, 4.69) is 27.4 Å². The van der Waals surface area contributed by atoms with Crippen LogP contribution < -0.4 is 5.32 Å². The Morgan fingerprint density at radius 2 is 2.05 bits per heavy atom. The van der Waals surface area contributed by atoms with E-state index in [0.29, 0.717) is 24.4 Å². The number of benzene rings is 1. The van der Waals surface area contributed by atoms with Crippen molar-refractivity contribution in [2.24, 2.45) is 16.1 Å². The molecule has 1 saturated carbocycles. The molecule has 1 fully saturated rings. The number of nitrogens with zero attached hydrogens (tertiary/aromatic N) is 4. The van der Waals surface area contributed by atoms with Crippen molar-refractivity contribution in [3.05, 3.63) is 58.5 Å². The van der Waals surface area contributed by atoms with Gasteiger partial charge in [-0.1, -0.05) is 19.9 Å². The highest BCUT2D eigenvalue weighted by molar-refractivity contribution is 6.05. The first-order valence-electron chi connectivity index (χ1n) is 13.0. The van der Waals surface area contributed by atoms with Crippen LogP contribution in [0.25, 0.3) is 0 Å². The molecule has 9 heteroatoms. The average molecular weight is 508 g/mol. The highest BCUT2D eigenvalue weighted by Gasteiger charge is 2.28. The average Bonchev–Trinajstić information content (AvgIpc) is 3.41. The Morgan fingerprint density at radius 3 is 2.78 bits per heavy atom. The molecule has 0 saturated heterocycles. The van der Waals surface area contributed by atoms with Crippen LogP contribution in [0.1, 0.15) is 80.1 Å². The van der Waals surface area contributed by atoms with Gasteiger partial charge in [0.05, 0.1) is 17.0 Å². The van der Waals surface area contributed by atoms with Crippen LogP contribution in [-0.4, -0.2) is 46.5 Å². The molecule has 1 unspecified atom stereocenters. The minimum absolute atomic E-state index is 0.0219. The van der Waals surface area contributed by atoms with E-state index in [-0.39, 0.29) is 36.0 Å². The van der Waals surface area contributed by atoms with Crippen LogP contribution in [0.4, 0.5) is 15.0 Å². The van der Waals surface area contributed by atoms with E-state index in [0.717, 1.165) is 43.2 Å². The number of rotatable bonds is 7. The monoisotopic (exact) mass is 507 g/mol. The topological polar surface area (TPSA) is 96.2 Å². The van der Waals surface area contributed by atoms with E-state index in [9.17, 15) is 14.0 Å². The minimum Gasteiger partial charge on any atom is -0.446 e. The van der Waals surface area contributed by atoms with E-state index in [1.807, 2.05) is 13.0 Å². The molecule has 1 aliphatic heterocycles. The Balaban J connectivity index is 1.50. The Kier molecular flexibility index (Phi) is 8.63. The molecule has 2 amide bonds. The zero-order valence-corrected chi connectivity index (χ0v) is 21.7. The summed E-state index contributed by atoms with van der Waals surface area (Å²) >= 11 is 0. The summed E-state index contributed by atoms with van der Waals surface area (Å²) in [6, 6.07) is 8.15. The van der Waals surface area contributed by atoms with E-state index in [1.54, 1.807) is 30.2 Å². The lowest BCUT2D eigenvalue weighted by Gasteiger charge is -2.29. The van der Waals surface area contributed by atoms with Gasteiger partial charge in [-0.2, -0.15) is 10.2 Å². The van der Waals surface area contributed by atoms with Crippen molar-refractivity contribution < 1.29 is 18.7 Å². The van der Waals surface area contributed by atoms with Gasteiger partial charge in [0, 0.05) is 25.2 Å². The van der Waals surface area contributed by atoms with Crippen molar-refractivity contribution in [2.45, 2.75) is 71.9 Å². The third-order valence-corrected chi connectivity index (χ3v) is 6.99. The number of anilines is 1. The first-order chi connectivity index (χ1) is 17.9. The van der Waals surface area contributed by atoms with E-state index >= 15 is 0 Å². The molecule has 2 aliphatic rings. The zero-order valence-electron chi connectivity index (χ0n) is 21.7. The lowest BCUT2D eigenvalue weighted by molar-refractivity contribution is 0.0618. The largest absolute Gasteiger partial charge is 0.446 e. The second kappa shape index (κ2) is 12.1. The normalized spacial score (nSPS) is 17.1. The number of carbonyl (C=O) groups is 2. The summed E-state index contributed by atoms with van der Waals surface area (Å²) in [4.78, 5) is 31.9. The van der Waals surface area contributed by atoms with Gasteiger partial charge in [0.2, 0.25) is 0 Å². The molecule has 196 valence electrons. The SMILES string of the molecule is C/C=N\N=C(\c1cccc(NC(=O)c2cc3c(cc2F)CCN(C(=O)OC2CCCC2)C3)n1)C(C)CC. The molecule has 0 spiro atoms. The molecule has 8 nitrogen and oxygen atoms in total. The molecular formula is C28H34FN5O3. The maximum atomic E-state index is 14.9. The number of pyridine rings is 1. The van der Waals surface area contributed by atoms with Crippen molar-refractivity contribution in [3.8, 4) is 0 Å². The van der Waals surface area contributed by atoms with Crippen LogP contribution in [0.2, 0.25) is 0 Å². The van der Waals surface area contributed by atoms with Gasteiger partial charge in [-0.25, -0.2) is 14.2 Å². The Bertz CT molecular complexity index is 1210. The standard InChI is InChI=1S/C28H34FN5O3/c1-4-18(3)26(33-30-5-2)24-11-8-12-25(31-24)32-27(35)22-15-20-17-34(14-13-19(20)16-23(22)29)28(36)37-21-9-6-7-10-21/h5,8,11-12,15-16,18,21H,4,6-7,9-10,13-14,17H2,1-3H3,(H,31,32,35)/b30-5-,33-26+.